The second kappa shape index (κ2) is 5.29. The zero-order valence-electron chi connectivity index (χ0n) is 10.3. The molecule has 1 atom stereocenters. The summed E-state index contributed by atoms with van der Waals surface area (Å²) in [6.07, 6.45) is 1.64. The van der Waals surface area contributed by atoms with Gasteiger partial charge in [-0.1, -0.05) is 72.3 Å². The lowest BCUT2D eigenvalue weighted by molar-refractivity contribution is 0.666. The summed E-state index contributed by atoms with van der Waals surface area (Å²) in [7, 11) is 0. The van der Waals surface area contributed by atoms with E-state index in [1.54, 1.807) is 6.21 Å². The van der Waals surface area contributed by atoms with Gasteiger partial charge in [0, 0.05) is 6.21 Å². The maximum Gasteiger partial charge on any atom is 0.144 e. The molecular formula is C16H13ClN2. The molecule has 1 N–H and O–H groups in total. The minimum absolute atomic E-state index is 0.0843. The van der Waals surface area contributed by atoms with Crippen molar-refractivity contribution in [2.24, 2.45) is 4.99 Å². The number of nitrogens with one attached hydrogen (secondary N) is 1. The fourth-order valence-electron chi connectivity index (χ4n) is 2.08. The molecular weight excluding hydrogens is 256 g/mol. The first-order valence-corrected chi connectivity index (χ1v) is 6.52. The Hall–Kier alpha value is -2.06. The maximum atomic E-state index is 6.24. The Labute approximate surface area is 117 Å². The molecule has 0 amide bonds. The molecule has 0 aromatic heterocycles. The quantitative estimate of drug-likeness (QED) is 0.876. The third kappa shape index (κ3) is 2.54. The van der Waals surface area contributed by atoms with E-state index in [2.05, 4.69) is 22.4 Å². The molecule has 1 unspecified atom stereocenters. The van der Waals surface area contributed by atoms with Gasteiger partial charge in [0.25, 0.3) is 0 Å². The second-order valence-corrected chi connectivity index (χ2v) is 4.73. The lowest BCUT2D eigenvalue weighted by Gasteiger charge is -2.23. The van der Waals surface area contributed by atoms with Crippen LogP contribution in [0.25, 0.3) is 5.70 Å². The van der Waals surface area contributed by atoms with Gasteiger partial charge in [-0.05, 0) is 11.1 Å². The largest absolute Gasteiger partial charge is 0.358 e. The van der Waals surface area contributed by atoms with E-state index in [9.17, 15) is 0 Å². The Morgan fingerprint density at radius 2 is 1.53 bits per heavy atom. The van der Waals surface area contributed by atoms with Crippen LogP contribution in [0.3, 0.4) is 0 Å². The van der Waals surface area contributed by atoms with Crippen molar-refractivity contribution in [3.63, 3.8) is 0 Å². The van der Waals surface area contributed by atoms with Crippen molar-refractivity contribution in [1.29, 1.82) is 0 Å². The van der Waals surface area contributed by atoms with Crippen LogP contribution in [0.15, 0.2) is 70.7 Å². The first kappa shape index (κ1) is 12.0. The predicted octanol–water partition coefficient (Wildman–Crippen LogP) is 3.97. The number of halogens is 1. The van der Waals surface area contributed by atoms with Crippen LogP contribution in [0, 0.1) is 0 Å². The molecule has 0 aliphatic carbocycles. The normalized spacial score (nSPS) is 18.3. The van der Waals surface area contributed by atoms with Crippen molar-refractivity contribution in [2.75, 3.05) is 0 Å². The van der Waals surface area contributed by atoms with E-state index < -0.39 is 0 Å². The molecule has 0 saturated carbocycles. The highest BCUT2D eigenvalue weighted by molar-refractivity contribution is 6.42. The molecule has 1 aliphatic heterocycles. The summed E-state index contributed by atoms with van der Waals surface area (Å²) in [6.45, 7) is 0. The van der Waals surface area contributed by atoms with E-state index in [4.69, 9.17) is 11.6 Å². The topological polar surface area (TPSA) is 24.4 Å². The Morgan fingerprint density at radius 1 is 0.895 bits per heavy atom. The van der Waals surface area contributed by atoms with Crippen LogP contribution < -0.4 is 5.32 Å². The SMILES string of the molecule is ClC1=C(c2ccccc2)NC(c2ccccc2)N=C1. The highest BCUT2D eigenvalue weighted by Gasteiger charge is 2.17. The first-order chi connectivity index (χ1) is 9.34. The van der Waals surface area contributed by atoms with Gasteiger partial charge >= 0.3 is 0 Å². The van der Waals surface area contributed by atoms with Crippen molar-refractivity contribution in [3.05, 3.63) is 76.8 Å². The first-order valence-electron chi connectivity index (χ1n) is 6.14. The number of hydrogen-bond donors (Lipinski definition) is 1. The highest BCUT2D eigenvalue weighted by atomic mass is 35.5. The molecule has 3 heteroatoms. The van der Waals surface area contributed by atoms with Gasteiger partial charge in [0.2, 0.25) is 0 Å². The monoisotopic (exact) mass is 268 g/mol. The predicted molar refractivity (Wildman–Crippen MR) is 80.0 cm³/mol. The fourth-order valence-corrected chi connectivity index (χ4v) is 2.30. The molecule has 2 aromatic carbocycles. The van der Waals surface area contributed by atoms with Gasteiger partial charge in [0.1, 0.15) is 6.17 Å². The summed E-state index contributed by atoms with van der Waals surface area (Å²) >= 11 is 6.24. The van der Waals surface area contributed by atoms with Crippen LogP contribution in [-0.2, 0) is 0 Å². The molecule has 19 heavy (non-hydrogen) atoms. The lowest BCUT2D eigenvalue weighted by Crippen LogP contribution is -2.22. The molecule has 94 valence electrons. The van der Waals surface area contributed by atoms with Gasteiger partial charge in [0.05, 0.1) is 10.7 Å². The third-order valence-corrected chi connectivity index (χ3v) is 3.32. The van der Waals surface area contributed by atoms with Crippen LogP contribution in [0.5, 0.6) is 0 Å². The van der Waals surface area contributed by atoms with Crippen LogP contribution in [0.4, 0.5) is 0 Å². The molecule has 0 spiro atoms. The van der Waals surface area contributed by atoms with E-state index >= 15 is 0 Å². The Morgan fingerprint density at radius 3 is 2.21 bits per heavy atom. The minimum atomic E-state index is -0.0843. The van der Waals surface area contributed by atoms with Crippen molar-refractivity contribution < 1.29 is 0 Å². The van der Waals surface area contributed by atoms with E-state index in [1.807, 2.05) is 48.5 Å². The molecule has 1 aliphatic rings. The van der Waals surface area contributed by atoms with Crippen molar-refractivity contribution in [1.82, 2.24) is 5.32 Å². The minimum Gasteiger partial charge on any atom is -0.358 e. The summed E-state index contributed by atoms with van der Waals surface area (Å²) in [4.78, 5) is 4.43. The van der Waals surface area contributed by atoms with Gasteiger partial charge in [-0.3, -0.25) is 4.99 Å². The summed E-state index contributed by atoms with van der Waals surface area (Å²) < 4.78 is 0. The standard InChI is InChI=1S/C16H13ClN2/c17-14-11-18-16(13-9-5-2-6-10-13)19-15(14)12-7-3-1-4-8-12/h1-11,16,19H. The average Bonchev–Trinajstić information content (AvgIpc) is 2.49. The van der Waals surface area contributed by atoms with Crippen molar-refractivity contribution >= 4 is 23.5 Å². The Balaban J connectivity index is 1.92. The fraction of sp³-hybridized carbons (Fsp3) is 0.0625. The molecule has 2 aromatic rings. The zero-order valence-corrected chi connectivity index (χ0v) is 11.0. The van der Waals surface area contributed by atoms with Crippen LogP contribution in [0.1, 0.15) is 17.3 Å². The number of benzene rings is 2. The summed E-state index contributed by atoms with van der Waals surface area (Å²) in [6, 6.07) is 20.2. The zero-order chi connectivity index (χ0) is 13.1. The van der Waals surface area contributed by atoms with Gasteiger partial charge < -0.3 is 5.32 Å². The lowest BCUT2D eigenvalue weighted by atomic mass is 10.1. The van der Waals surface area contributed by atoms with E-state index in [0.29, 0.717) is 5.03 Å². The highest BCUT2D eigenvalue weighted by Crippen LogP contribution is 2.27. The molecule has 3 rings (SSSR count). The molecule has 0 saturated heterocycles. The van der Waals surface area contributed by atoms with Crippen LogP contribution >= 0.6 is 11.6 Å². The van der Waals surface area contributed by atoms with E-state index in [-0.39, 0.29) is 6.17 Å². The van der Waals surface area contributed by atoms with Crippen molar-refractivity contribution in [2.45, 2.75) is 6.17 Å². The number of allylic oxidation sites excluding steroid dienone is 1. The van der Waals surface area contributed by atoms with Gasteiger partial charge in [-0.25, -0.2) is 0 Å². The van der Waals surface area contributed by atoms with Crippen LogP contribution in [-0.4, -0.2) is 6.21 Å². The van der Waals surface area contributed by atoms with Gasteiger partial charge in [0.15, 0.2) is 0 Å². The maximum absolute atomic E-state index is 6.24. The Bertz CT molecular complexity index is 618. The second-order valence-electron chi connectivity index (χ2n) is 4.32. The molecule has 2 nitrogen and oxygen atoms in total. The molecule has 0 bridgehead atoms. The smallest absolute Gasteiger partial charge is 0.144 e. The van der Waals surface area contributed by atoms with E-state index in [1.165, 1.54) is 0 Å². The number of nitrogens with zero attached hydrogens (tertiary/aromatic N) is 1. The molecule has 1 heterocycles. The van der Waals surface area contributed by atoms with Crippen LogP contribution in [0.2, 0.25) is 0 Å². The third-order valence-electron chi connectivity index (χ3n) is 3.03. The average molecular weight is 269 g/mol. The number of aliphatic imine (C=N–C) groups is 1. The number of rotatable bonds is 2. The summed E-state index contributed by atoms with van der Waals surface area (Å²) in [5.41, 5.74) is 3.11. The number of hydrogen-bond acceptors (Lipinski definition) is 2. The van der Waals surface area contributed by atoms with Gasteiger partial charge in [-0.2, -0.15) is 0 Å². The van der Waals surface area contributed by atoms with Gasteiger partial charge in [-0.15, -0.1) is 0 Å². The molecule has 0 radical (unpaired) electrons. The van der Waals surface area contributed by atoms with E-state index in [0.717, 1.165) is 16.8 Å². The van der Waals surface area contributed by atoms with Crippen molar-refractivity contribution in [3.8, 4) is 0 Å². The molecule has 0 fully saturated rings. The Kier molecular flexibility index (Phi) is 3.34. The summed E-state index contributed by atoms with van der Waals surface area (Å²) in [5, 5.41) is 4.02. The summed E-state index contributed by atoms with van der Waals surface area (Å²) in [5.74, 6) is 0.